The van der Waals surface area contributed by atoms with Crippen molar-refractivity contribution < 1.29 is 9.72 Å². The highest BCUT2D eigenvalue weighted by molar-refractivity contribution is 5.76. The van der Waals surface area contributed by atoms with Crippen molar-refractivity contribution in [3.8, 4) is 0 Å². The van der Waals surface area contributed by atoms with Crippen molar-refractivity contribution in [1.82, 2.24) is 15.1 Å². The van der Waals surface area contributed by atoms with Crippen LogP contribution < -0.4 is 10.6 Å². The largest absolute Gasteiger partial charge is 0.362 e. The van der Waals surface area contributed by atoms with E-state index >= 15 is 0 Å². The normalized spacial score (nSPS) is 10.1. The molecule has 0 unspecified atom stereocenters. The highest BCUT2D eigenvalue weighted by Gasteiger charge is 2.17. The Morgan fingerprint density at radius 3 is 2.89 bits per heavy atom. The van der Waals surface area contributed by atoms with Gasteiger partial charge in [-0.25, -0.2) is 0 Å². The second-order valence-corrected chi connectivity index (χ2v) is 3.82. The Hall–Kier alpha value is -2.12. The van der Waals surface area contributed by atoms with Crippen LogP contribution in [-0.2, 0) is 11.8 Å². The van der Waals surface area contributed by atoms with Gasteiger partial charge in [-0.3, -0.25) is 19.6 Å². The first-order valence-electron chi connectivity index (χ1n) is 5.73. The molecule has 8 heteroatoms. The van der Waals surface area contributed by atoms with E-state index in [1.54, 1.807) is 7.05 Å². The van der Waals surface area contributed by atoms with Crippen LogP contribution in [0.2, 0.25) is 0 Å². The summed E-state index contributed by atoms with van der Waals surface area (Å²) in [6.07, 6.45) is 2.46. The average molecular weight is 255 g/mol. The number of aromatic nitrogens is 2. The molecule has 100 valence electrons. The van der Waals surface area contributed by atoms with E-state index in [4.69, 9.17) is 0 Å². The Morgan fingerprint density at radius 2 is 2.28 bits per heavy atom. The minimum Gasteiger partial charge on any atom is -0.362 e. The molecular formula is C10H17N5O3. The molecule has 1 aromatic heterocycles. The van der Waals surface area contributed by atoms with Crippen LogP contribution in [0.5, 0.6) is 0 Å². The Kier molecular flexibility index (Phi) is 5.09. The fourth-order valence-corrected chi connectivity index (χ4v) is 1.38. The second-order valence-electron chi connectivity index (χ2n) is 3.82. The number of amides is 1. The van der Waals surface area contributed by atoms with Crippen molar-refractivity contribution >= 4 is 17.4 Å². The summed E-state index contributed by atoms with van der Waals surface area (Å²) in [5.74, 6) is 0.105. The molecule has 2 N–H and O–H groups in total. The number of hydrogen-bond acceptors (Lipinski definition) is 5. The van der Waals surface area contributed by atoms with Crippen LogP contribution in [0.1, 0.15) is 19.8 Å². The van der Waals surface area contributed by atoms with Crippen molar-refractivity contribution in [2.45, 2.75) is 19.8 Å². The Bertz CT molecular complexity index is 429. The van der Waals surface area contributed by atoms with Crippen molar-refractivity contribution in [2.24, 2.45) is 7.05 Å². The van der Waals surface area contributed by atoms with Gasteiger partial charge in [0.25, 0.3) is 0 Å². The highest BCUT2D eigenvalue weighted by Crippen LogP contribution is 2.20. The molecule has 0 aromatic carbocycles. The molecule has 0 bridgehead atoms. The molecule has 0 aliphatic carbocycles. The smallest absolute Gasteiger partial charge is 0.330 e. The number of nitrogens with one attached hydrogen (secondary N) is 2. The summed E-state index contributed by atoms with van der Waals surface area (Å²) >= 11 is 0. The quantitative estimate of drug-likeness (QED) is 0.550. The zero-order valence-corrected chi connectivity index (χ0v) is 10.5. The van der Waals surface area contributed by atoms with Gasteiger partial charge in [-0.1, -0.05) is 6.92 Å². The molecule has 1 heterocycles. The van der Waals surface area contributed by atoms with E-state index < -0.39 is 4.92 Å². The number of hydrogen-bond donors (Lipinski definition) is 2. The van der Waals surface area contributed by atoms with Crippen LogP contribution in [-0.4, -0.2) is 33.7 Å². The maximum Gasteiger partial charge on any atom is 0.330 e. The minimum absolute atomic E-state index is 0.0806. The maximum atomic E-state index is 11.3. The fourth-order valence-electron chi connectivity index (χ4n) is 1.38. The number of nitro groups is 1. The lowest BCUT2D eigenvalue weighted by molar-refractivity contribution is -0.384. The summed E-state index contributed by atoms with van der Waals surface area (Å²) in [5, 5.41) is 20.1. The second kappa shape index (κ2) is 6.58. The van der Waals surface area contributed by atoms with E-state index in [1.807, 2.05) is 6.92 Å². The minimum atomic E-state index is -0.507. The molecule has 1 rings (SSSR count). The molecule has 0 radical (unpaired) electrons. The lowest BCUT2D eigenvalue weighted by atomic mass is 10.3. The summed E-state index contributed by atoms with van der Waals surface area (Å²) in [6.45, 7) is 2.92. The first-order chi connectivity index (χ1) is 8.54. The van der Waals surface area contributed by atoms with E-state index in [-0.39, 0.29) is 23.8 Å². The standard InChI is InChI=1S/C10H17N5O3/c1-3-5-11-9(16)4-6-12-10-8(15(17)18)7-14(2)13-10/h7H,3-6H2,1-2H3,(H,11,16)(H,12,13). The lowest BCUT2D eigenvalue weighted by Crippen LogP contribution is -2.26. The molecule has 0 fully saturated rings. The molecule has 0 saturated heterocycles. The number of nitrogens with zero attached hydrogens (tertiary/aromatic N) is 3. The molecule has 8 nitrogen and oxygen atoms in total. The summed E-state index contributed by atoms with van der Waals surface area (Å²) in [6, 6.07) is 0. The zero-order chi connectivity index (χ0) is 13.5. The Labute approximate surface area is 105 Å². The Balaban J connectivity index is 2.44. The number of carbonyl (C=O) groups excluding carboxylic acids is 1. The summed E-state index contributed by atoms with van der Waals surface area (Å²) in [7, 11) is 1.60. The monoisotopic (exact) mass is 255 g/mol. The number of rotatable bonds is 7. The molecule has 0 atom stereocenters. The first-order valence-corrected chi connectivity index (χ1v) is 5.73. The lowest BCUT2D eigenvalue weighted by Gasteiger charge is -2.04. The molecule has 1 amide bonds. The predicted molar refractivity (Wildman–Crippen MR) is 66.3 cm³/mol. The van der Waals surface area contributed by atoms with E-state index in [2.05, 4.69) is 15.7 Å². The topological polar surface area (TPSA) is 102 Å². The third-order valence-electron chi connectivity index (χ3n) is 2.22. The van der Waals surface area contributed by atoms with Crippen molar-refractivity contribution in [3.63, 3.8) is 0 Å². The average Bonchev–Trinajstić information content (AvgIpc) is 2.68. The third-order valence-corrected chi connectivity index (χ3v) is 2.22. The number of anilines is 1. The molecule has 0 aliphatic rings. The number of carbonyl (C=O) groups is 1. The van der Waals surface area contributed by atoms with Crippen LogP contribution in [0.15, 0.2) is 6.20 Å². The van der Waals surface area contributed by atoms with Crippen LogP contribution in [0.25, 0.3) is 0 Å². The highest BCUT2D eigenvalue weighted by atomic mass is 16.6. The van der Waals surface area contributed by atoms with Gasteiger partial charge in [-0.2, -0.15) is 0 Å². The van der Waals surface area contributed by atoms with Crippen LogP contribution >= 0.6 is 0 Å². The third kappa shape index (κ3) is 4.04. The van der Waals surface area contributed by atoms with Gasteiger partial charge in [-0.05, 0) is 6.42 Å². The molecule has 18 heavy (non-hydrogen) atoms. The fraction of sp³-hybridized carbons (Fsp3) is 0.600. The molecular weight excluding hydrogens is 238 g/mol. The van der Waals surface area contributed by atoms with Gasteiger partial charge in [0, 0.05) is 26.6 Å². The van der Waals surface area contributed by atoms with Gasteiger partial charge >= 0.3 is 5.69 Å². The van der Waals surface area contributed by atoms with E-state index in [0.717, 1.165) is 6.42 Å². The molecule has 0 spiro atoms. The Morgan fingerprint density at radius 1 is 1.56 bits per heavy atom. The zero-order valence-electron chi connectivity index (χ0n) is 10.5. The van der Waals surface area contributed by atoms with Gasteiger partial charge in [-0.15, -0.1) is 5.10 Å². The van der Waals surface area contributed by atoms with Gasteiger partial charge in [0.1, 0.15) is 6.20 Å². The van der Waals surface area contributed by atoms with E-state index in [0.29, 0.717) is 13.1 Å². The number of aryl methyl sites for hydroxylation is 1. The summed E-state index contributed by atoms with van der Waals surface area (Å²) < 4.78 is 1.36. The van der Waals surface area contributed by atoms with E-state index in [9.17, 15) is 14.9 Å². The van der Waals surface area contributed by atoms with Crippen LogP contribution in [0, 0.1) is 10.1 Å². The van der Waals surface area contributed by atoms with E-state index in [1.165, 1.54) is 10.9 Å². The first kappa shape index (κ1) is 13.9. The van der Waals surface area contributed by atoms with Crippen molar-refractivity contribution in [1.29, 1.82) is 0 Å². The summed E-state index contributed by atoms with van der Waals surface area (Å²) in [5.41, 5.74) is -0.0912. The van der Waals surface area contributed by atoms with Gasteiger partial charge in [0.2, 0.25) is 11.7 Å². The van der Waals surface area contributed by atoms with Crippen LogP contribution in [0.3, 0.4) is 0 Å². The molecule has 0 aliphatic heterocycles. The van der Waals surface area contributed by atoms with Gasteiger partial charge in [0.15, 0.2) is 0 Å². The maximum absolute atomic E-state index is 11.3. The molecule has 1 aromatic rings. The van der Waals surface area contributed by atoms with Gasteiger partial charge < -0.3 is 10.6 Å². The van der Waals surface area contributed by atoms with Gasteiger partial charge in [0.05, 0.1) is 4.92 Å². The molecule has 0 saturated carbocycles. The summed E-state index contributed by atoms with van der Waals surface area (Å²) in [4.78, 5) is 21.5. The van der Waals surface area contributed by atoms with Crippen LogP contribution in [0.4, 0.5) is 11.5 Å². The predicted octanol–water partition coefficient (Wildman–Crippen LogP) is 0.656. The van der Waals surface area contributed by atoms with Crippen molar-refractivity contribution in [3.05, 3.63) is 16.3 Å². The SMILES string of the molecule is CCCNC(=O)CCNc1nn(C)cc1[N+](=O)[O-]. The van der Waals surface area contributed by atoms with Crippen molar-refractivity contribution in [2.75, 3.05) is 18.4 Å².